The summed E-state index contributed by atoms with van der Waals surface area (Å²) in [6.07, 6.45) is 2.06. The summed E-state index contributed by atoms with van der Waals surface area (Å²) in [4.78, 5) is 35.9. The van der Waals surface area contributed by atoms with Gasteiger partial charge in [0.25, 0.3) is 5.91 Å². The highest BCUT2D eigenvalue weighted by Gasteiger charge is 2.57. The van der Waals surface area contributed by atoms with Crippen LogP contribution in [0, 0.1) is 6.92 Å². The molecule has 0 saturated carbocycles. The Kier molecular flexibility index (Phi) is 6.91. The number of benzene rings is 2. The first-order valence-electron chi connectivity index (χ1n) is 12.4. The molecule has 6 nitrogen and oxygen atoms in total. The highest BCUT2D eigenvalue weighted by molar-refractivity contribution is 7.11. The number of likely N-dealkylation sites (tertiary alicyclic amines) is 1. The van der Waals surface area contributed by atoms with Crippen LogP contribution in [0.2, 0.25) is 0 Å². The lowest BCUT2D eigenvalue weighted by atomic mass is 9.85. The van der Waals surface area contributed by atoms with Gasteiger partial charge >= 0.3 is 6.03 Å². The molecule has 1 aromatic heterocycles. The van der Waals surface area contributed by atoms with Crippen molar-refractivity contribution in [3.05, 3.63) is 69.9 Å². The molecule has 1 spiro atoms. The zero-order valence-corrected chi connectivity index (χ0v) is 21.4. The third-order valence-corrected chi connectivity index (χ3v) is 8.35. The van der Waals surface area contributed by atoms with Gasteiger partial charge in [-0.1, -0.05) is 36.4 Å². The second-order valence-corrected chi connectivity index (χ2v) is 11.0. The first-order valence-corrected chi connectivity index (χ1v) is 13.2. The van der Waals surface area contributed by atoms with E-state index < -0.39 is 5.54 Å². The van der Waals surface area contributed by atoms with Gasteiger partial charge in [-0.25, -0.2) is 4.79 Å². The van der Waals surface area contributed by atoms with Crippen molar-refractivity contribution in [2.24, 2.45) is 0 Å². The monoisotopic (exact) mass is 491 g/mol. The summed E-state index contributed by atoms with van der Waals surface area (Å²) in [6.45, 7) is 6.06. The molecule has 0 N–H and O–H groups in total. The molecule has 3 aromatic rings. The number of hydrogen-bond acceptors (Lipinski definition) is 5. The standard InChI is InChI=1S/C28H33N3O3S/c1-21-8-11-25(35-21)20-29-15-12-28(13-16-29)26(32)30(27(33)31(28)14-5-17-34-2)19-22-9-10-23-6-3-4-7-24(23)18-22/h3-4,6-11,18H,5,12-17,19-20H2,1-2H3. The van der Waals surface area contributed by atoms with E-state index in [-0.39, 0.29) is 11.9 Å². The molecule has 2 aromatic carbocycles. The zero-order valence-electron chi connectivity index (χ0n) is 20.5. The molecule has 0 atom stereocenters. The summed E-state index contributed by atoms with van der Waals surface area (Å²) >= 11 is 1.83. The van der Waals surface area contributed by atoms with E-state index >= 15 is 0 Å². The van der Waals surface area contributed by atoms with E-state index in [0.29, 0.717) is 32.5 Å². The molecule has 5 rings (SSSR count). The number of carbonyl (C=O) groups is 2. The number of hydrogen-bond donors (Lipinski definition) is 0. The van der Waals surface area contributed by atoms with Gasteiger partial charge in [-0.15, -0.1) is 11.3 Å². The summed E-state index contributed by atoms with van der Waals surface area (Å²) in [6, 6.07) is 18.5. The first kappa shape index (κ1) is 24.0. The lowest BCUT2D eigenvalue weighted by Gasteiger charge is -2.42. The number of piperidine rings is 1. The summed E-state index contributed by atoms with van der Waals surface area (Å²) in [5.41, 5.74) is 0.230. The highest BCUT2D eigenvalue weighted by Crippen LogP contribution is 2.39. The van der Waals surface area contributed by atoms with Crippen LogP contribution in [0.4, 0.5) is 4.79 Å². The van der Waals surface area contributed by atoms with Crippen LogP contribution in [0.3, 0.4) is 0 Å². The molecule has 0 aliphatic carbocycles. The van der Waals surface area contributed by atoms with Crippen LogP contribution < -0.4 is 0 Å². The third kappa shape index (κ3) is 4.73. The van der Waals surface area contributed by atoms with Gasteiger partial charge in [-0.05, 0) is 60.7 Å². The molecule has 3 heterocycles. The maximum Gasteiger partial charge on any atom is 0.327 e. The quantitative estimate of drug-likeness (QED) is 0.327. The van der Waals surface area contributed by atoms with E-state index in [9.17, 15) is 9.59 Å². The molecule has 3 amide bonds. The second-order valence-electron chi connectivity index (χ2n) is 9.67. The van der Waals surface area contributed by atoms with Gasteiger partial charge in [0.05, 0.1) is 6.54 Å². The van der Waals surface area contributed by atoms with E-state index in [1.165, 1.54) is 14.7 Å². The SMILES string of the molecule is COCCCN1C(=O)N(Cc2ccc3ccccc3c2)C(=O)C12CCN(Cc1ccc(C)s1)CC2. The maximum atomic E-state index is 13.9. The molecule has 0 radical (unpaired) electrons. The number of carbonyl (C=O) groups excluding carboxylic acids is 2. The van der Waals surface area contributed by atoms with Gasteiger partial charge in [-0.3, -0.25) is 14.6 Å². The van der Waals surface area contributed by atoms with Crippen molar-refractivity contribution in [1.82, 2.24) is 14.7 Å². The Balaban J connectivity index is 1.35. The van der Waals surface area contributed by atoms with Crippen LogP contribution in [0.15, 0.2) is 54.6 Å². The Morgan fingerprint density at radius 3 is 2.46 bits per heavy atom. The molecule has 184 valence electrons. The van der Waals surface area contributed by atoms with Crippen LogP contribution in [0.25, 0.3) is 10.8 Å². The Hall–Kier alpha value is -2.74. The van der Waals surface area contributed by atoms with Crippen molar-refractivity contribution in [3.63, 3.8) is 0 Å². The minimum atomic E-state index is -0.746. The van der Waals surface area contributed by atoms with Crippen LogP contribution in [0.5, 0.6) is 0 Å². The molecule has 35 heavy (non-hydrogen) atoms. The topological polar surface area (TPSA) is 53.1 Å². The Morgan fingerprint density at radius 2 is 1.74 bits per heavy atom. The van der Waals surface area contributed by atoms with Crippen LogP contribution >= 0.6 is 11.3 Å². The molecule has 0 bridgehead atoms. The first-order chi connectivity index (χ1) is 17.0. The summed E-state index contributed by atoms with van der Waals surface area (Å²) < 4.78 is 5.24. The Labute approximate surface area is 211 Å². The van der Waals surface area contributed by atoms with Crippen LogP contribution in [0.1, 0.15) is 34.6 Å². The van der Waals surface area contributed by atoms with Gasteiger partial charge in [0.2, 0.25) is 0 Å². The predicted octanol–water partition coefficient (Wildman–Crippen LogP) is 5.05. The number of amides is 3. The normalized spacial score (nSPS) is 18.3. The number of ether oxygens (including phenoxy) is 1. The number of fused-ring (bicyclic) bond motifs is 1. The molecular weight excluding hydrogens is 458 g/mol. The fraction of sp³-hybridized carbons (Fsp3) is 0.429. The smallest absolute Gasteiger partial charge is 0.327 e. The van der Waals surface area contributed by atoms with Crippen LogP contribution in [-0.4, -0.2) is 65.5 Å². The molecule has 2 aliphatic heterocycles. The largest absolute Gasteiger partial charge is 0.385 e. The number of nitrogens with zero attached hydrogens (tertiary/aromatic N) is 3. The number of thiophene rings is 1. The van der Waals surface area contributed by atoms with Gasteiger partial charge in [-0.2, -0.15) is 0 Å². The molecule has 7 heteroatoms. The van der Waals surface area contributed by atoms with E-state index in [0.717, 1.165) is 42.4 Å². The molecule has 2 aliphatic rings. The lowest BCUT2D eigenvalue weighted by molar-refractivity contribution is -0.136. The summed E-state index contributed by atoms with van der Waals surface area (Å²) in [5, 5.41) is 2.27. The van der Waals surface area contributed by atoms with Crippen molar-refractivity contribution in [2.45, 2.75) is 44.8 Å². The number of rotatable bonds is 8. The molecule has 2 fully saturated rings. The average Bonchev–Trinajstić information content (AvgIpc) is 3.36. The fourth-order valence-corrected chi connectivity index (χ4v) is 6.41. The minimum absolute atomic E-state index is 0.0420. The molecule has 2 saturated heterocycles. The summed E-state index contributed by atoms with van der Waals surface area (Å²) in [5.74, 6) is -0.0420. The van der Waals surface area contributed by atoms with Crippen molar-refractivity contribution in [3.8, 4) is 0 Å². The lowest BCUT2D eigenvalue weighted by Crippen LogP contribution is -2.56. The Morgan fingerprint density at radius 1 is 0.971 bits per heavy atom. The molecule has 0 unspecified atom stereocenters. The maximum absolute atomic E-state index is 13.9. The number of urea groups is 1. The molecular formula is C28H33N3O3S. The zero-order chi connectivity index (χ0) is 24.4. The van der Waals surface area contributed by atoms with Gasteiger partial charge in [0.1, 0.15) is 5.54 Å². The Bertz CT molecular complexity index is 1210. The van der Waals surface area contributed by atoms with Crippen LogP contribution in [-0.2, 0) is 22.6 Å². The van der Waals surface area contributed by atoms with Crippen molar-refractivity contribution in [2.75, 3.05) is 33.4 Å². The van der Waals surface area contributed by atoms with Gasteiger partial charge < -0.3 is 9.64 Å². The van der Waals surface area contributed by atoms with Gasteiger partial charge in [0, 0.05) is 49.6 Å². The summed E-state index contributed by atoms with van der Waals surface area (Å²) in [7, 11) is 1.67. The number of aryl methyl sites for hydroxylation is 1. The van der Waals surface area contributed by atoms with Crippen molar-refractivity contribution >= 4 is 34.0 Å². The van der Waals surface area contributed by atoms with E-state index in [1.807, 2.05) is 34.4 Å². The third-order valence-electron chi connectivity index (χ3n) is 7.37. The van der Waals surface area contributed by atoms with Crippen molar-refractivity contribution in [1.29, 1.82) is 0 Å². The van der Waals surface area contributed by atoms with E-state index in [2.05, 4.69) is 48.2 Å². The average molecular weight is 492 g/mol. The fourth-order valence-electron chi connectivity index (χ4n) is 5.47. The number of methoxy groups -OCH3 is 1. The van der Waals surface area contributed by atoms with Gasteiger partial charge in [0.15, 0.2) is 0 Å². The number of imide groups is 1. The van der Waals surface area contributed by atoms with E-state index in [1.54, 1.807) is 7.11 Å². The van der Waals surface area contributed by atoms with E-state index in [4.69, 9.17) is 4.74 Å². The second kappa shape index (κ2) is 10.1. The van der Waals surface area contributed by atoms with Crippen molar-refractivity contribution < 1.29 is 14.3 Å². The highest BCUT2D eigenvalue weighted by atomic mass is 32.1. The predicted molar refractivity (Wildman–Crippen MR) is 139 cm³/mol. The minimum Gasteiger partial charge on any atom is -0.385 e.